The first kappa shape index (κ1) is 9.76. The summed E-state index contributed by atoms with van der Waals surface area (Å²) in [5, 5.41) is 2.70. The van der Waals surface area contributed by atoms with E-state index in [1.807, 2.05) is 0 Å². The second-order valence-electron chi connectivity index (χ2n) is 3.41. The molecule has 15 heavy (non-hydrogen) atoms. The summed E-state index contributed by atoms with van der Waals surface area (Å²) >= 11 is 0. The average Bonchev–Trinajstić information content (AvgIpc) is 2.57. The number of hydrogen-bond acceptors (Lipinski definition) is 4. The van der Waals surface area contributed by atoms with Gasteiger partial charge in [-0.3, -0.25) is 9.59 Å². The van der Waals surface area contributed by atoms with Gasteiger partial charge in [-0.25, -0.2) is 0 Å². The SMILES string of the molecule is CC(=O)OCc1ccc(C2CC(=O)N2)o1. The Hall–Kier alpha value is -1.78. The van der Waals surface area contributed by atoms with Crippen molar-refractivity contribution < 1.29 is 18.7 Å². The van der Waals surface area contributed by atoms with Crippen molar-refractivity contribution in [3.8, 4) is 0 Å². The van der Waals surface area contributed by atoms with Crippen LogP contribution in [0.15, 0.2) is 16.5 Å². The van der Waals surface area contributed by atoms with Crippen LogP contribution in [0.2, 0.25) is 0 Å². The smallest absolute Gasteiger partial charge is 0.303 e. The molecule has 1 aromatic rings. The normalized spacial score (nSPS) is 19.3. The Kier molecular flexibility index (Phi) is 2.45. The van der Waals surface area contributed by atoms with E-state index in [-0.39, 0.29) is 24.5 Å². The topological polar surface area (TPSA) is 68.5 Å². The highest BCUT2D eigenvalue weighted by Gasteiger charge is 2.29. The monoisotopic (exact) mass is 209 g/mol. The van der Waals surface area contributed by atoms with E-state index in [1.165, 1.54) is 6.92 Å². The van der Waals surface area contributed by atoms with E-state index in [1.54, 1.807) is 12.1 Å². The van der Waals surface area contributed by atoms with Crippen LogP contribution >= 0.6 is 0 Å². The first-order chi connectivity index (χ1) is 7.15. The third-order valence-electron chi connectivity index (χ3n) is 2.17. The van der Waals surface area contributed by atoms with Crippen molar-refractivity contribution in [2.24, 2.45) is 0 Å². The molecule has 1 aliphatic rings. The molecule has 2 heterocycles. The van der Waals surface area contributed by atoms with Crippen molar-refractivity contribution in [3.63, 3.8) is 0 Å². The standard InChI is InChI=1S/C10H11NO4/c1-6(12)14-5-7-2-3-9(15-7)8-4-10(13)11-8/h2-3,8H,4-5H2,1H3,(H,11,13). The molecule has 0 radical (unpaired) electrons. The lowest BCUT2D eigenvalue weighted by atomic mass is 10.0. The summed E-state index contributed by atoms with van der Waals surface area (Å²) in [6.45, 7) is 1.48. The molecule has 5 heteroatoms. The number of carbonyl (C=O) groups is 2. The average molecular weight is 209 g/mol. The van der Waals surface area contributed by atoms with E-state index in [9.17, 15) is 9.59 Å². The van der Waals surface area contributed by atoms with Crippen LogP contribution < -0.4 is 5.32 Å². The van der Waals surface area contributed by atoms with Gasteiger partial charge in [-0.05, 0) is 12.1 Å². The number of β-lactam (4-membered cyclic amide) rings is 1. The summed E-state index contributed by atoms with van der Waals surface area (Å²) in [4.78, 5) is 21.2. The lowest BCUT2D eigenvalue weighted by Gasteiger charge is -2.24. The van der Waals surface area contributed by atoms with Crippen LogP contribution in [-0.4, -0.2) is 11.9 Å². The Bertz CT molecular complexity index is 388. The minimum Gasteiger partial charge on any atom is -0.460 e. The van der Waals surface area contributed by atoms with Gasteiger partial charge >= 0.3 is 5.97 Å². The number of furan rings is 1. The summed E-state index contributed by atoms with van der Waals surface area (Å²) in [5.41, 5.74) is 0. The number of amides is 1. The fourth-order valence-corrected chi connectivity index (χ4v) is 1.36. The van der Waals surface area contributed by atoms with Crippen LogP contribution in [0.4, 0.5) is 0 Å². The van der Waals surface area contributed by atoms with Crippen LogP contribution in [0.5, 0.6) is 0 Å². The van der Waals surface area contributed by atoms with Crippen LogP contribution in [0, 0.1) is 0 Å². The van der Waals surface area contributed by atoms with Gasteiger partial charge in [0.2, 0.25) is 5.91 Å². The molecule has 0 spiro atoms. The molecular formula is C10H11NO4. The van der Waals surface area contributed by atoms with Crippen molar-refractivity contribution in [1.82, 2.24) is 5.32 Å². The second kappa shape index (κ2) is 3.76. The van der Waals surface area contributed by atoms with Crippen molar-refractivity contribution >= 4 is 11.9 Å². The van der Waals surface area contributed by atoms with Gasteiger partial charge in [-0.15, -0.1) is 0 Å². The van der Waals surface area contributed by atoms with Crippen molar-refractivity contribution in [2.75, 3.05) is 0 Å². The molecule has 1 amide bonds. The quantitative estimate of drug-likeness (QED) is 0.593. The molecule has 0 bridgehead atoms. The molecule has 1 unspecified atom stereocenters. The summed E-state index contributed by atoms with van der Waals surface area (Å²) < 4.78 is 10.2. The van der Waals surface area contributed by atoms with Crippen molar-refractivity contribution in [1.29, 1.82) is 0 Å². The molecule has 0 aromatic carbocycles. The van der Waals surface area contributed by atoms with E-state index in [2.05, 4.69) is 5.32 Å². The van der Waals surface area contributed by atoms with Crippen LogP contribution in [0.1, 0.15) is 30.9 Å². The van der Waals surface area contributed by atoms with Crippen molar-refractivity contribution in [2.45, 2.75) is 26.0 Å². The van der Waals surface area contributed by atoms with Gasteiger partial charge in [0.25, 0.3) is 0 Å². The maximum atomic E-state index is 10.7. The molecule has 1 aliphatic heterocycles. The molecule has 5 nitrogen and oxygen atoms in total. The molecule has 1 N–H and O–H groups in total. The van der Waals surface area contributed by atoms with Crippen LogP contribution in [-0.2, 0) is 20.9 Å². The molecule has 1 aromatic heterocycles. The lowest BCUT2D eigenvalue weighted by Crippen LogP contribution is -2.41. The summed E-state index contributed by atoms with van der Waals surface area (Å²) in [6.07, 6.45) is 0.459. The highest BCUT2D eigenvalue weighted by atomic mass is 16.5. The molecule has 2 rings (SSSR count). The molecule has 1 atom stereocenters. The van der Waals surface area contributed by atoms with Gasteiger partial charge in [0.15, 0.2) is 0 Å². The summed E-state index contributed by atoms with van der Waals surface area (Å²) in [6, 6.07) is 3.50. The van der Waals surface area contributed by atoms with Crippen LogP contribution in [0.3, 0.4) is 0 Å². The molecular weight excluding hydrogens is 198 g/mol. The molecule has 0 saturated carbocycles. The van der Waals surface area contributed by atoms with Gasteiger partial charge in [0.05, 0.1) is 12.5 Å². The van der Waals surface area contributed by atoms with Gasteiger partial charge in [0.1, 0.15) is 18.1 Å². The minimum absolute atomic E-state index is 0.0245. The number of nitrogens with one attached hydrogen (secondary N) is 1. The number of carbonyl (C=O) groups excluding carboxylic acids is 2. The maximum absolute atomic E-state index is 10.7. The molecule has 0 aliphatic carbocycles. The molecule has 1 saturated heterocycles. The van der Waals surface area contributed by atoms with E-state index < -0.39 is 0 Å². The van der Waals surface area contributed by atoms with E-state index in [0.717, 1.165) is 0 Å². The van der Waals surface area contributed by atoms with Gasteiger partial charge in [-0.2, -0.15) is 0 Å². The number of hydrogen-bond donors (Lipinski definition) is 1. The number of ether oxygens (including phenoxy) is 1. The fraction of sp³-hybridized carbons (Fsp3) is 0.400. The van der Waals surface area contributed by atoms with Gasteiger partial charge in [0, 0.05) is 6.92 Å². The summed E-state index contributed by atoms with van der Waals surface area (Å²) in [7, 11) is 0. The summed E-state index contributed by atoms with van der Waals surface area (Å²) in [5.74, 6) is 0.973. The highest BCUT2D eigenvalue weighted by Crippen LogP contribution is 2.25. The third-order valence-corrected chi connectivity index (χ3v) is 2.17. The lowest BCUT2D eigenvalue weighted by molar-refractivity contribution is -0.142. The first-order valence-corrected chi connectivity index (χ1v) is 4.66. The molecule has 1 fully saturated rings. The minimum atomic E-state index is -0.343. The largest absolute Gasteiger partial charge is 0.460 e. The second-order valence-corrected chi connectivity index (χ2v) is 3.41. The Morgan fingerprint density at radius 3 is 3.00 bits per heavy atom. The van der Waals surface area contributed by atoms with Gasteiger partial charge < -0.3 is 14.5 Å². The zero-order valence-electron chi connectivity index (χ0n) is 8.28. The zero-order valence-corrected chi connectivity index (χ0v) is 8.28. The zero-order chi connectivity index (χ0) is 10.8. The number of rotatable bonds is 3. The van der Waals surface area contributed by atoms with E-state index in [4.69, 9.17) is 9.15 Å². The van der Waals surface area contributed by atoms with Gasteiger partial charge in [-0.1, -0.05) is 0 Å². The predicted molar refractivity (Wildman–Crippen MR) is 49.7 cm³/mol. The Morgan fingerprint density at radius 1 is 1.67 bits per heavy atom. The Balaban J connectivity index is 1.92. The highest BCUT2D eigenvalue weighted by molar-refractivity contribution is 5.83. The third kappa shape index (κ3) is 2.18. The fourth-order valence-electron chi connectivity index (χ4n) is 1.36. The molecule has 80 valence electrons. The maximum Gasteiger partial charge on any atom is 0.303 e. The van der Waals surface area contributed by atoms with Crippen LogP contribution in [0.25, 0.3) is 0 Å². The van der Waals surface area contributed by atoms with E-state index >= 15 is 0 Å². The first-order valence-electron chi connectivity index (χ1n) is 4.66. The Labute approximate surface area is 86.4 Å². The predicted octanol–water partition coefficient (Wildman–Crippen LogP) is 0.904. The van der Waals surface area contributed by atoms with Crippen molar-refractivity contribution in [3.05, 3.63) is 23.7 Å². The van der Waals surface area contributed by atoms with E-state index in [0.29, 0.717) is 17.9 Å². The Morgan fingerprint density at radius 2 is 2.40 bits per heavy atom. The number of esters is 1.